The maximum atomic E-state index is 5.60. The minimum absolute atomic E-state index is 0.0163. The number of methoxy groups -OCH3 is 1. The maximum Gasteiger partial charge on any atom is 0.206 e. The highest BCUT2D eigenvalue weighted by molar-refractivity contribution is 7.07. The summed E-state index contributed by atoms with van der Waals surface area (Å²) < 4.78 is 7.50. The summed E-state index contributed by atoms with van der Waals surface area (Å²) in [6, 6.07) is 28.8. The van der Waals surface area contributed by atoms with E-state index in [2.05, 4.69) is 65.5 Å². The van der Waals surface area contributed by atoms with E-state index < -0.39 is 0 Å². The van der Waals surface area contributed by atoms with E-state index in [0.29, 0.717) is 6.54 Å². The molecular formula is C27H25N3OS. The number of hydrogen-bond acceptors (Lipinski definition) is 4. The van der Waals surface area contributed by atoms with Gasteiger partial charge in [-0.25, -0.2) is 4.68 Å². The van der Waals surface area contributed by atoms with Crippen LogP contribution in [0.2, 0.25) is 0 Å². The van der Waals surface area contributed by atoms with Gasteiger partial charge in [-0.3, -0.25) is 4.99 Å². The highest BCUT2D eigenvalue weighted by Crippen LogP contribution is 2.30. The Kier molecular flexibility index (Phi) is 7.10. The van der Waals surface area contributed by atoms with E-state index in [9.17, 15) is 0 Å². The summed E-state index contributed by atoms with van der Waals surface area (Å²) in [5.41, 5.74) is 4.27. The summed E-state index contributed by atoms with van der Waals surface area (Å²) in [4.78, 5) is 5.47. The Morgan fingerprint density at radius 2 is 1.56 bits per heavy atom. The van der Waals surface area contributed by atoms with Crippen molar-refractivity contribution in [3.05, 3.63) is 119 Å². The molecule has 0 atom stereocenters. The standard InChI is InChI=1S/C27H25N3OS/c1-3-18-28-27-30(25(20-32-27)23-16-10-11-17-26(23)31-2)29-19-24(21-12-6-4-7-13-21)22-14-8-5-9-15-22/h3-17,19-20,24H,1,18H2,2H3. The molecule has 0 aliphatic heterocycles. The molecule has 5 heteroatoms. The first-order valence-corrected chi connectivity index (χ1v) is 11.3. The Hall–Kier alpha value is -3.70. The Morgan fingerprint density at radius 1 is 0.938 bits per heavy atom. The highest BCUT2D eigenvalue weighted by atomic mass is 32.1. The molecule has 0 N–H and O–H groups in total. The molecule has 0 saturated carbocycles. The number of aromatic nitrogens is 1. The van der Waals surface area contributed by atoms with Crippen molar-refractivity contribution < 1.29 is 4.74 Å². The molecule has 32 heavy (non-hydrogen) atoms. The number of thiazole rings is 1. The molecule has 0 amide bonds. The van der Waals surface area contributed by atoms with E-state index in [-0.39, 0.29) is 5.92 Å². The average Bonchev–Trinajstić information content (AvgIpc) is 3.26. The fourth-order valence-electron chi connectivity index (χ4n) is 3.52. The van der Waals surface area contributed by atoms with Gasteiger partial charge in [-0.15, -0.1) is 17.9 Å². The summed E-state index contributed by atoms with van der Waals surface area (Å²) >= 11 is 1.55. The van der Waals surface area contributed by atoms with E-state index in [0.717, 1.165) is 21.8 Å². The fraction of sp³-hybridized carbons (Fsp3) is 0.111. The quantitative estimate of drug-likeness (QED) is 0.246. The van der Waals surface area contributed by atoms with E-state index in [1.165, 1.54) is 11.1 Å². The average molecular weight is 440 g/mol. The zero-order valence-corrected chi connectivity index (χ0v) is 18.8. The molecule has 0 bridgehead atoms. The summed E-state index contributed by atoms with van der Waals surface area (Å²) in [6.45, 7) is 4.32. The lowest BCUT2D eigenvalue weighted by molar-refractivity contribution is 0.416. The molecule has 3 aromatic carbocycles. The number of hydrogen-bond donors (Lipinski definition) is 0. The van der Waals surface area contributed by atoms with Gasteiger partial charge in [-0.05, 0) is 23.3 Å². The van der Waals surface area contributed by atoms with Crippen LogP contribution in [0.25, 0.3) is 11.3 Å². The molecule has 0 aliphatic carbocycles. The smallest absolute Gasteiger partial charge is 0.206 e. The highest BCUT2D eigenvalue weighted by Gasteiger charge is 2.14. The number of rotatable bonds is 8. The second-order valence-electron chi connectivity index (χ2n) is 7.11. The van der Waals surface area contributed by atoms with Crippen molar-refractivity contribution in [3.8, 4) is 17.0 Å². The van der Waals surface area contributed by atoms with E-state index in [4.69, 9.17) is 9.84 Å². The number of para-hydroxylation sites is 1. The van der Waals surface area contributed by atoms with E-state index in [1.54, 1.807) is 24.5 Å². The van der Waals surface area contributed by atoms with Crippen LogP contribution in [0.3, 0.4) is 0 Å². The van der Waals surface area contributed by atoms with Gasteiger partial charge in [0.1, 0.15) is 5.75 Å². The van der Waals surface area contributed by atoms with E-state index >= 15 is 0 Å². The predicted molar refractivity (Wildman–Crippen MR) is 134 cm³/mol. The minimum atomic E-state index is 0.0163. The van der Waals surface area contributed by atoms with E-state index in [1.807, 2.05) is 47.3 Å². The Morgan fingerprint density at radius 3 is 2.19 bits per heavy atom. The molecule has 1 heterocycles. The number of nitrogens with zero attached hydrogens (tertiary/aromatic N) is 3. The third-order valence-electron chi connectivity index (χ3n) is 5.07. The van der Waals surface area contributed by atoms with Crippen molar-refractivity contribution in [1.29, 1.82) is 0 Å². The molecule has 0 spiro atoms. The van der Waals surface area contributed by atoms with Crippen LogP contribution in [0.1, 0.15) is 17.0 Å². The summed E-state index contributed by atoms with van der Waals surface area (Å²) in [7, 11) is 1.68. The van der Waals surface area contributed by atoms with Gasteiger partial charge in [0.2, 0.25) is 4.80 Å². The SMILES string of the molecule is C=CCN=c1scc(-c2ccccc2OC)n1N=CC(c1ccccc1)c1ccccc1. The first kappa shape index (κ1) is 21.5. The van der Waals surface area contributed by atoms with Crippen LogP contribution in [-0.2, 0) is 0 Å². The van der Waals surface area contributed by atoms with Crippen LogP contribution in [-0.4, -0.2) is 24.5 Å². The van der Waals surface area contributed by atoms with Crippen LogP contribution in [0.5, 0.6) is 5.75 Å². The molecular weight excluding hydrogens is 414 g/mol. The third kappa shape index (κ3) is 4.79. The minimum Gasteiger partial charge on any atom is -0.496 e. The summed E-state index contributed by atoms with van der Waals surface area (Å²) in [5, 5.41) is 7.01. The first-order valence-electron chi connectivity index (χ1n) is 10.4. The molecule has 1 aromatic heterocycles. The zero-order valence-electron chi connectivity index (χ0n) is 18.0. The second kappa shape index (κ2) is 10.6. The lowest BCUT2D eigenvalue weighted by Crippen LogP contribution is -2.14. The van der Waals surface area contributed by atoms with Crippen molar-refractivity contribution in [3.63, 3.8) is 0 Å². The van der Waals surface area contributed by atoms with Crippen molar-refractivity contribution in [1.82, 2.24) is 4.68 Å². The summed E-state index contributed by atoms with van der Waals surface area (Å²) in [5.74, 6) is 0.815. The molecule has 0 aliphatic rings. The lowest BCUT2D eigenvalue weighted by Gasteiger charge is -2.14. The third-order valence-corrected chi connectivity index (χ3v) is 5.93. The maximum absolute atomic E-state index is 5.60. The predicted octanol–water partition coefficient (Wildman–Crippen LogP) is 5.98. The Labute approximate surface area is 192 Å². The first-order chi connectivity index (χ1) is 15.8. The molecule has 0 unspecified atom stereocenters. The molecule has 0 radical (unpaired) electrons. The molecule has 0 fully saturated rings. The van der Waals surface area contributed by atoms with Gasteiger partial charge in [0.05, 0.1) is 19.3 Å². The van der Waals surface area contributed by atoms with Crippen molar-refractivity contribution in [2.75, 3.05) is 13.7 Å². The molecule has 0 saturated heterocycles. The molecule has 4 rings (SSSR count). The normalized spacial score (nSPS) is 11.9. The molecule has 4 nitrogen and oxygen atoms in total. The van der Waals surface area contributed by atoms with Crippen molar-refractivity contribution >= 4 is 17.6 Å². The van der Waals surface area contributed by atoms with Crippen LogP contribution in [0.15, 0.2) is 113 Å². The van der Waals surface area contributed by atoms with Gasteiger partial charge in [0.15, 0.2) is 0 Å². The van der Waals surface area contributed by atoms with Gasteiger partial charge in [0, 0.05) is 23.1 Å². The largest absolute Gasteiger partial charge is 0.496 e. The second-order valence-corrected chi connectivity index (χ2v) is 7.95. The lowest BCUT2D eigenvalue weighted by atomic mass is 9.92. The van der Waals surface area contributed by atoms with Gasteiger partial charge in [0.25, 0.3) is 0 Å². The van der Waals surface area contributed by atoms with Crippen LogP contribution in [0, 0.1) is 0 Å². The zero-order chi connectivity index (χ0) is 22.2. The topological polar surface area (TPSA) is 38.9 Å². The Bertz CT molecular complexity index is 1220. The molecule has 4 aromatic rings. The van der Waals surface area contributed by atoms with Gasteiger partial charge in [-0.2, -0.15) is 5.10 Å². The van der Waals surface area contributed by atoms with Crippen molar-refractivity contribution in [2.24, 2.45) is 10.1 Å². The fourth-order valence-corrected chi connectivity index (χ4v) is 4.36. The monoisotopic (exact) mass is 439 g/mol. The number of ether oxygens (including phenoxy) is 1. The van der Waals surface area contributed by atoms with Gasteiger partial charge >= 0.3 is 0 Å². The number of benzene rings is 3. The molecule has 160 valence electrons. The van der Waals surface area contributed by atoms with Crippen LogP contribution >= 0.6 is 11.3 Å². The van der Waals surface area contributed by atoms with Gasteiger partial charge in [-0.1, -0.05) is 78.9 Å². The van der Waals surface area contributed by atoms with Crippen LogP contribution in [0.4, 0.5) is 0 Å². The Balaban J connectivity index is 1.84. The van der Waals surface area contributed by atoms with Crippen LogP contribution < -0.4 is 9.54 Å². The van der Waals surface area contributed by atoms with Gasteiger partial charge < -0.3 is 4.74 Å². The van der Waals surface area contributed by atoms with Crippen molar-refractivity contribution in [2.45, 2.75) is 5.92 Å². The summed E-state index contributed by atoms with van der Waals surface area (Å²) in [6.07, 6.45) is 3.77.